The molecule has 0 radical (unpaired) electrons. The minimum atomic E-state index is -0.209. The number of methoxy groups -OCH3 is 3. The van der Waals surface area contributed by atoms with Crippen LogP contribution in [0.3, 0.4) is 0 Å². The second-order valence-corrected chi connectivity index (χ2v) is 6.95. The number of fused-ring (bicyclic) bond motifs is 1. The van der Waals surface area contributed by atoms with Gasteiger partial charge in [-0.2, -0.15) is 0 Å². The number of ketones is 1. The molecule has 2 aromatic carbocycles. The maximum atomic E-state index is 13.7. The number of aromatic amines is 1. The molecule has 0 bridgehead atoms. The van der Waals surface area contributed by atoms with Crippen molar-refractivity contribution in [3.63, 3.8) is 0 Å². The summed E-state index contributed by atoms with van der Waals surface area (Å²) in [5.41, 5.74) is 2.75. The molecule has 0 aliphatic carbocycles. The van der Waals surface area contributed by atoms with Crippen LogP contribution in [0.1, 0.15) is 21.7 Å². The average Bonchev–Trinajstić information content (AvgIpc) is 3.41. The Hall–Kier alpha value is -4.00. The number of carbonyl (C=O) groups is 1. The van der Waals surface area contributed by atoms with Crippen LogP contribution < -0.4 is 14.2 Å². The van der Waals surface area contributed by atoms with E-state index in [4.69, 9.17) is 14.2 Å². The van der Waals surface area contributed by atoms with Gasteiger partial charge in [0.15, 0.2) is 17.3 Å². The van der Waals surface area contributed by atoms with Crippen molar-refractivity contribution in [3.8, 4) is 17.2 Å². The number of nitrogens with zero attached hydrogens (tertiary/aromatic N) is 2. The summed E-state index contributed by atoms with van der Waals surface area (Å²) in [6.45, 7) is 0. The van der Waals surface area contributed by atoms with Gasteiger partial charge in [0.05, 0.1) is 26.9 Å². The molecule has 2 aromatic heterocycles. The highest BCUT2D eigenvalue weighted by Crippen LogP contribution is 2.39. The van der Waals surface area contributed by atoms with Crippen molar-refractivity contribution >= 4 is 28.3 Å². The summed E-state index contributed by atoms with van der Waals surface area (Å²) in [5, 5.41) is 1.02. The van der Waals surface area contributed by atoms with Crippen LogP contribution in [-0.2, 0) is 7.05 Å². The minimum absolute atomic E-state index is 0.209. The van der Waals surface area contributed by atoms with Crippen LogP contribution in [0.4, 0.5) is 0 Å². The topological polar surface area (TPSA) is 78.4 Å². The summed E-state index contributed by atoms with van der Waals surface area (Å²) in [6, 6.07) is 11.2. The van der Waals surface area contributed by atoms with Crippen molar-refractivity contribution in [3.05, 3.63) is 71.9 Å². The number of aryl methyl sites for hydroxylation is 1. The normalized spacial score (nSPS) is 11.5. The summed E-state index contributed by atoms with van der Waals surface area (Å²) in [5.74, 6) is 1.61. The SMILES string of the molecule is COc1cc(C(=O)/C(=C\c2c[nH]c3ccccc23)c2nccn2C)cc(OC)c1OC. The van der Waals surface area contributed by atoms with E-state index in [0.29, 0.717) is 34.2 Å². The molecule has 7 nitrogen and oxygen atoms in total. The fraction of sp³-hybridized carbons (Fsp3) is 0.167. The summed E-state index contributed by atoms with van der Waals surface area (Å²) < 4.78 is 18.0. The molecule has 7 heteroatoms. The molecule has 0 amide bonds. The second-order valence-electron chi connectivity index (χ2n) is 6.95. The first-order valence-corrected chi connectivity index (χ1v) is 9.67. The fourth-order valence-corrected chi connectivity index (χ4v) is 3.59. The van der Waals surface area contributed by atoms with Crippen LogP contribution in [0, 0.1) is 0 Å². The van der Waals surface area contributed by atoms with E-state index in [0.717, 1.165) is 16.5 Å². The van der Waals surface area contributed by atoms with Crippen molar-refractivity contribution in [2.45, 2.75) is 0 Å². The van der Waals surface area contributed by atoms with E-state index in [9.17, 15) is 4.79 Å². The zero-order valence-corrected chi connectivity index (χ0v) is 17.8. The number of H-pyrrole nitrogens is 1. The third-order valence-corrected chi connectivity index (χ3v) is 5.15. The summed E-state index contributed by atoms with van der Waals surface area (Å²) >= 11 is 0. The highest BCUT2D eigenvalue weighted by Gasteiger charge is 2.23. The summed E-state index contributed by atoms with van der Waals surface area (Å²) in [7, 11) is 6.42. The number of benzene rings is 2. The lowest BCUT2D eigenvalue weighted by Gasteiger charge is -2.14. The molecule has 0 aliphatic heterocycles. The lowest BCUT2D eigenvalue weighted by atomic mass is 9.99. The third-order valence-electron chi connectivity index (χ3n) is 5.15. The van der Waals surface area contributed by atoms with Gasteiger partial charge in [-0.15, -0.1) is 0 Å². The molecule has 0 unspecified atom stereocenters. The Kier molecular flexibility index (Phi) is 5.49. The Morgan fingerprint density at radius 2 is 1.77 bits per heavy atom. The number of rotatable bonds is 7. The molecule has 158 valence electrons. The first kappa shape index (κ1) is 20.3. The van der Waals surface area contributed by atoms with E-state index in [1.165, 1.54) is 21.3 Å². The highest BCUT2D eigenvalue weighted by molar-refractivity contribution is 6.32. The lowest BCUT2D eigenvalue weighted by molar-refractivity contribution is 0.105. The molecule has 0 fully saturated rings. The zero-order chi connectivity index (χ0) is 22.0. The van der Waals surface area contributed by atoms with E-state index in [1.807, 2.05) is 48.2 Å². The van der Waals surface area contributed by atoms with Crippen LogP contribution in [0.5, 0.6) is 17.2 Å². The fourth-order valence-electron chi connectivity index (χ4n) is 3.59. The number of hydrogen-bond acceptors (Lipinski definition) is 5. The molecular weight excluding hydrogens is 394 g/mol. The van der Waals surface area contributed by atoms with E-state index in [-0.39, 0.29) is 5.78 Å². The molecule has 0 aliphatic rings. The van der Waals surface area contributed by atoms with Crippen LogP contribution in [-0.4, -0.2) is 41.6 Å². The van der Waals surface area contributed by atoms with Crippen LogP contribution >= 0.6 is 0 Å². The molecule has 0 saturated carbocycles. The molecule has 0 atom stereocenters. The molecule has 1 N–H and O–H groups in total. The van der Waals surface area contributed by atoms with Gasteiger partial charge in [0.1, 0.15) is 5.82 Å². The first-order valence-electron chi connectivity index (χ1n) is 9.67. The van der Waals surface area contributed by atoms with Gasteiger partial charge in [-0.05, 0) is 24.3 Å². The number of hydrogen-bond donors (Lipinski definition) is 1. The van der Waals surface area contributed by atoms with Crippen LogP contribution in [0.15, 0.2) is 55.0 Å². The number of allylic oxidation sites excluding steroid dienone is 1. The average molecular weight is 417 g/mol. The standard InChI is InChI=1S/C24H23N3O4/c1-27-10-9-25-24(27)18(11-16-14-26-19-8-6-5-7-17(16)19)22(28)15-12-20(29-2)23(31-4)21(13-15)30-3/h5-14,26H,1-4H3/b18-11+. The minimum Gasteiger partial charge on any atom is -0.493 e. The zero-order valence-electron chi connectivity index (χ0n) is 17.8. The number of imidazole rings is 1. The predicted octanol–water partition coefficient (Wildman–Crippen LogP) is 4.35. The van der Waals surface area contributed by atoms with E-state index < -0.39 is 0 Å². The van der Waals surface area contributed by atoms with Crippen molar-refractivity contribution in [2.75, 3.05) is 21.3 Å². The van der Waals surface area contributed by atoms with E-state index in [2.05, 4.69) is 9.97 Å². The number of aromatic nitrogens is 3. The van der Waals surface area contributed by atoms with Gasteiger partial charge in [-0.1, -0.05) is 18.2 Å². The Balaban J connectivity index is 1.89. The van der Waals surface area contributed by atoms with E-state index in [1.54, 1.807) is 24.5 Å². The van der Waals surface area contributed by atoms with Crippen molar-refractivity contribution in [1.82, 2.24) is 14.5 Å². The van der Waals surface area contributed by atoms with Gasteiger partial charge in [-0.3, -0.25) is 4.79 Å². The first-order chi connectivity index (χ1) is 15.1. The number of ether oxygens (including phenoxy) is 3. The van der Waals surface area contributed by atoms with Crippen molar-refractivity contribution in [2.24, 2.45) is 7.05 Å². The van der Waals surface area contributed by atoms with Crippen LogP contribution in [0.25, 0.3) is 22.6 Å². The largest absolute Gasteiger partial charge is 0.493 e. The van der Waals surface area contributed by atoms with Gasteiger partial charge in [0.25, 0.3) is 0 Å². The van der Waals surface area contributed by atoms with Crippen molar-refractivity contribution in [1.29, 1.82) is 0 Å². The molecule has 31 heavy (non-hydrogen) atoms. The Bertz CT molecular complexity index is 1260. The maximum Gasteiger partial charge on any atom is 0.203 e. The van der Waals surface area contributed by atoms with Gasteiger partial charge in [0.2, 0.25) is 5.75 Å². The lowest BCUT2D eigenvalue weighted by Crippen LogP contribution is -2.09. The number of nitrogens with one attached hydrogen (secondary N) is 1. The molecular formula is C24H23N3O4. The van der Waals surface area contributed by atoms with Gasteiger partial charge in [0, 0.05) is 47.7 Å². The summed E-state index contributed by atoms with van der Waals surface area (Å²) in [4.78, 5) is 21.4. The predicted molar refractivity (Wildman–Crippen MR) is 120 cm³/mol. The molecule has 0 spiro atoms. The van der Waals surface area contributed by atoms with Crippen LogP contribution in [0.2, 0.25) is 0 Å². The molecule has 2 heterocycles. The van der Waals surface area contributed by atoms with Gasteiger partial charge >= 0.3 is 0 Å². The maximum absolute atomic E-state index is 13.7. The van der Waals surface area contributed by atoms with Gasteiger partial charge < -0.3 is 23.8 Å². The second kappa shape index (κ2) is 8.39. The van der Waals surface area contributed by atoms with E-state index >= 15 is 0 Å². The Morgan fingerprint density at radius 3 is 2.39 bits per heavy atom. The third kappa shape index (κ3) is 3.66. The Labute approximate surface area is 179 Å². The number of Topliss-reactive ketones (excluding diaryl/α,β-unsaturated/α-hetero) is 1. The van der Waals surface area contributed by atoms with Gasteiger partial charge in [-0.25, -0.2) is 4.98 Å². The highest BCUT2D eigenvalue weighted by atomic mass is 16.5. The monoisotopic (exact) mass is 417 g/mol. The molecule has 4 rings (SSSR count). The smallest absolute Gasteiger partial charge is 0.203 e. The molecule has 0 saturated heterocycles. The Morgan fingerprint density at radius 1 is 1.06 bits per heavy atom. The summed E-state index contributed by atoms with van der Waals surface area (Å²) in [6.07, 6.45) is 7.21. The molecule has 4 aromatic rings. The number of carbonyl (C=O) groups excluding carboxylic acids is 1. The number of para-hydroxylation sites is 1. The quantitative estimate of drug-likeness (QED) is 0.357. The van der Waals surface area contributed by atoms with Crippen molar-refractivity contribution < 1.29 is 19.0 Å².